The van der Waals surface area contributed by atoms with Gasteiger partial charge in [-0.2, -0.15) is 0 Å². The Balaban J connectivity index is 2.56. The van der Waals surface area contributed by atoms with Crippen LogP contribution in [0.5, 0.6) is 0 Å². The van der Waals surface area contributed by atoms with E-state index >= 15 is 0 Å². The molecule has 0 saturated carbocycles. The van der Waals surface area contributed by atoms with Crippen molar-refractivity contribution in [2.24, 2.45) is 0 Å². The Morgan fingerprint density at radius 1 is 1.44 bits per heavy atom. The molecule has 1 amide bonds. The Morgan fingerprint density at radius 2 is 2.00 bits per heavy atom. The summed E-state index contributed by atoms with van der Waals surface area (Å²) in [7, 11) is 0. The summed E-state index contributed by atoms with van der Waals surface area (Å²) in [5, 5.41) is 9.72. The highest BCUT2D eigenvalue weighted by Crippen LogP contribution is 2.14. The third kappa shape index (κ3) is 3.39. The minimum absolute atomic E-state index is 0.0115. The van der Waals surface area contributed by atoms with Crippen LogP contribution in [-0.4, -0.2) is 16.2 Å². The van der Waals surface area contributed by atoms with Crippen molar-refractivity contribution >= 4 is 28.9 Å². The molecule has 1 rings (SSSR count). The lowest BCUT2D eigenvalue weighted by molar-refractivity contribution is -0.384. The smallest absolute Gasteiger partial charge is 0.269 e. The number of nitro groups is 1. The van der Waals surface area contributed by atoms with Gasteiger partial charge in [0, 0.05) is 12.1 Å². The number of benzene rings is 1. The lowest BCUT2D eigenvalue weighted by atomic mass is 10.3. The first-order chi connectivity index (χ1) is 7.50. The molecule has 1 aromatic carbocycles. The molecule has 0 aliphatic heterocycles. The topological polar surface area (TPSA) is 84.3 Å². The number of non-ortho nitro benzene ring substituents is 1. The van der Waals surface area contributed by atoms with Gasteiger partial charge in [0.1, 0.15) is 5.38 Å². The standard InChI is InChI=1S/C9H10ClN3O3/c1-6(10)9(14)12-11-7-2-4-8(5-3-7)13(15)16/h2-6,11H,1H3,(H,12,14). The fourth-order valence-corrected chi connectivity index (χ4v) is 0.954. The Morgan fingerprint density at radius 3 is 2.44 bits per heavy atom. The molecule has 1 atom stereocenters. The highest BCUT2D eigenvalue weighted by Gasteiger charge is 2.08. The molecule has 0 bridgehead atoms. The molecule has 0 aliphatic rings. The number of hydrogen-bond donors (Lipinski definition) is 2. The molecule has 6 nitrogen and oxygen atoms in total. The number of carbonyl (C=O) groups is 1. The van der Waals surface area contributed by atoms with Crippen LogP contribution in [0.15, 0.2) is 24.3 Å². The predicted molar refractivity (Wildman–Crippen MR) is 60.2 cm³/mol. The molecule has 7 heteroatoms. The minimum Gasteiger partial charge on any atom is -0.299 e. The first-order valence-electron chi connectivity index (χ1n) is 4.45. The average Bonchev–Trinajstić information content (AvgIpc) is 2.26. The number of nitrogens with zero attached hydrogens (tertiary/aromatic N) is 1. The third-order valence-electron chi connectivity index (χ3n) is 1.77. The van der Waals surface area contributed by atoms with Crippen molar-refractivity contribution in [1.82, 2.24) is 5.43 Å². The molecule has 0 aromatic heterocycles. The zero-order valence-corrected chi connectivity index (χ0v) is 9.19. The van der Waals surface area contributed by atoms with E-state index in [9.17, 15) is 14.9 Å². The van der Waals surface area contributed by atoms with Crippen LogP contribution in [-0.2, 0) is 4.79 Å². The van der Waals surface area contributed by atoms with E-state index in [1.165, 1.54) is 31.2 Å². The lowest BCUT2D eigenvalue weighted by Crippen LogP contribution is -2.34. The third-order valence-corrected chi connectivity index (χ3v) is 1.97. The molecular formula is C9H10ClN3O3. The SMILES string of the molecule is CC(Cl)C(=O)NNc1ccc([N+](=O)[O-])cc1. The van der Waals surface area contributed by atoms with Gasteiger partial charge in [-0.1, -0.05) is 0 Å². The van der Waals surface area contributed by atoms with Gasteiger partial charge in [-0.05, 0) is 19.1 Å². The van der Waals surface area contributed by atoms with Crippen molar-refractivity contribution in [3.05, 3.63) is 34.4 Å². The van der Waals surface area contributed by atoms with E-state index in [2.05, 4.69) is 10.9 Å². The van der Waals surface area contributed by atoms with E-state index < -0.39 is 10.3 Å². The molecule has 0 aliphatic carbocycles. The van der Waals surface area contributed by atoms with Crippen molar-refractivity contribution in [2.75, 3.05) is 5.43 Å². The van der Waals surface area contributed by atoms with Crippen molar-refractivity contribution in [2.45, 2.75) is 12.3 Å². The van der Waals surface area contributed by atoms with Gasteiger partial charge < -0.3 is 0 Å². The fourth-order valence-electron chi connectivity index (χ4n) is 0.900. The molecule has 0 saturated heterocycles. The van der Waals surface area contributed by atoms with E-state index in [0.29, 0.717) is 5.69 Å². The maximum absolute atomic E-state index is 11.1. The predicted octanol–water partition coefficient (Wildman–Crippen LogP) is 1.67. The van der Waals surface area contributed by atoms with E-state index in [1.807, 2.05) is 0 Å². The van der Waals surface area contributed by atoms with Crippen LogP contribution in [0, 0.1) is 10.1 Å². The Hall–Kier alpha value is -1.82. The molecule has 16 heavy (non-hydrogen) atoms. The molecule has 86 valence electrons. The van der Waals surface area contributed by atoms with E-state index in [1.54, 1.807) is 0 Å². The van der Waals surface area contributed by atoms with Crippen LogP contribution in [0.3, 0.4) is 0 Å². The number of carbonyl (C=O) groups excluding carboxylic acids is 1. The largest absolute Gasteiger partial charge is 0.299 e. The summed E-state index contributed by atoms with van der Waals surface area (Å²) in [5.74, 6) is -0.375. The van der Waals surface area contributed by atoms with E-state index in [-0.39, 0.29) is 11.6 Å². The van der Waals surface area contributed by atoms with Crippen LogP contribution in [0.4, 0.5) is 11.4 Å². The molecular weight excluding hydrogens is 234 g/mol. The first-order valence-corrected chi connectivity index (χ1v) is 4.88. The van der Waals surface area contributed by atoms with Gasteiger partial charge in [0.25, 0.3) is 11.6 Å². The second-order valence-corrected chi connectivity index (χ2v) is 3.69. The highest BCUT2D eigenvalue weighted by atomic mass is 35.5. The maximum Gasteiger partial charge on any atom is 0.269 e. The zero-order valence-electron chi connectivity index (χ0n) is 8.44. The molecule has 0 spiro atoms. The molecule has 0 radical (unpaired) electrons. The first kappa shape index (κ1) is 12.3. The molecule has 1 unspecified atom stereocenters. The van der Waals surface area contributed by atoms with Crippen LogP contribution in [0.25, 0.3) is 0 Å². The van der Waals surface area contributed by atoms with Gasteiger partial charge in [-0.15, -0.1) is 11.6 Å². The van der Waals surface area contributed by atoms with Crippen LogP contribution in [0.1, 0.15) is 6.92 Å². The van der Waals surface area contributed by atoms with E-state index in [0.717, 1.165) is 0 Å². The summed E-state index contributed by atoms with van der Waals surface area (Å²) in [6, 6.07) is 5.63. The summed E-state index contributed by atoms with van der Waals surface area (Å²) >= 11 is 5.52. The van der Waals surface area contributed by atoms with Crippen molar-refractivity contribution in [3.63, 3.8) is 0 Å². The number of hydrazine groups is 1. The number of hydrogen-bond acceptors (Lipinski definition) is 4. The highest BCUT2D eigenvalue weighted by molar-refractivity contribution is 6.30. The fraction of sp³-hybridized carbons (Fsp3) is 0.222. The van der Waals surface area contributed by atoms with Gasteiger partial charge in [0.05, 0.1) is 10.6 Å². The van der Waals surface area contributed by atoms with Crippen LogP contribution >= 0.6 is 11.6 Å². The van der Waals surface area contributed by atoms with Gasteiger partial charge in [0.15, 0.2) is 0 Å². The summed E-state index contributed by atoms with van der Waals surface area (Å²) in [6.45, 7) is 1.54. The average molecular weight is 244 g/mol. The summed E-state index contributed by atoms with van der Waals surface area (Å²) < 4.78 is 0. The maximum atomic E-state index is 11.1. The number of amides is 1. The quantitative estimate of drug-likeness (QED) is 0.479. The second kappa shape index (κ2) is 5.32. The van der Waals surface area contributed by atoms with Crippen LogP contribution in [0.2, 0.25) is 0 Å². The molecule has 1 aromatic rings. The minimum atomic E-state index is -0.648. The number of alkyl halides is 1. The van der Waals surface area contributed by atoms with Gasteiger partial charge in [-0.3, -0.25) is 25.8 Å². The Labute approximate surface area is 96.7 Å². The number of anilines is 1. The monoisotopic (exact) mass is 243 g/mol. The van der Waals surface area contributed by atoms with Crippen LogP contribution < -0.4 is 10.9 Å². The summed E-state index contributed by atoms with van der Waals surface area (Å²) in [4.78, 5) is 20.9. The van der Waals surface area contributed by atoms with Gasteiger partial charge in [-0.25, -0.2) is 0 Å². The number of rotatable bonds is 4. The second-order valence-electron chi connectivity index (χ2n) is 3.03. The number of halogens is 1. The van der Waals surface area contributed by atoms with Crippen molar-refractivity contribution < 1.29 is 9.72 Å². The van der Waals surface area contributed by atoms with Gasteiger partial charge >= 0.3 is 0 Å². The molecule has 2 N–H and O–H groups in total. The normalized spacial score (nSPS) is 11.6. The number of nitrogens with one attached hydrogen (secondary N) is 2. The Kier molecular flexibility index (Phi) is 4.07. The zero-order chi connectivity index (χ0) is 12.1. The van der Waals surface area contributed by atoms with Crippen molar-refractivity contribution in [1.29, 1.82) is 0 Å². The summed E-state index contributed by atoms with van der Waals surface area (Å²) in [6.07, 6.45) is 0. The van der Waals surface area contributed by atoms with Gasteiger partial charge in [0.2, 0.25) is 0 Å². The summed E-state index contributed by atoms with van der Waals surface area (Å²) in [5.41, 5.74) is 5.47. The van der Waals surface area contributed by atoms with E-state index in [4.69, 9.17) is 11.6 Å². The lowest BCUT2D eigenvalue weighted by Gasteiger charge is -2.08. The Bertz CT molecular complexity index is 391. The number of nitro benzene ring substituents is 1. The molecule has 0 heterocycles. The molecule has 0 fully saturated rings. The van der Waals surface area contributed by atoms with Crippen molar-refractivity contribution in [3.8, 4) is 0 Å².